The van der Waals surface area contributed by atoms with Gasteiger partial charge in [0.2, 0.25) is 12.5 Å². The Hall–Kier alpha value is -2.68. The lowest BCUT2D eigenvalue weighted by Crippen LogP contribution is -2.42. The minimum atomic E-state index is -1.41. The zero-order valence-electron chi connectivity index (χ0n) is 15.9. The number of nitro groups is 1. The first kappa shape index (κ1) is 21.6. The Morgan fingerprint density at radius 1 is 1.36 bits per heavy atom. The quantitative estimate of drug-likeness (QED) is 0.414. The van der Waals surface area contributed by atoms with Crippen LogP contribution in [0.1, 0.15) is 39.2 Å². The second-order valence-electron chi connectivity index (χ2n) is 7.21. The summed E-state index contributed by atoms with van der Waals surface area (Å²) >= 11 is 6.03. The topological polar surface area (TPSA) is 116 Å². The van der Waals surface area contributed by atoms with Crippen LogP contribution in [0, 0.1) is 16.0 Å². The Balaban J connectivity index is 2.54. The third kappa shape index (κ3) is 4.59. The minimum Gasteiger partial charge on any atom is -0.466 e. The number of fused-ring (bicyclic) bond motifs is 1. The molecule has 1 aromatic rings. The summed E-state index contributed by atoms with van der Waals surface area (Å²) in [4.78, 5) is 49.3. The zero-order chi connectivity index (χ0) is 21.2. The number of hydrogen-bond acceptors (Lipinski definition) is 7. The average molecular weight is 413 g/mol. The van der Waals surface area contributed by atoms with Crippen molar-refractivity contribution in [2.24, 2.45) is 5.92 Å². The lowest BCUT2D eigenvalue weighted by Gasteiger charge is -2.24. The van der Waals surface area contributed by atoms with Crippen molar-refractivity contribution in [1.29, 1.82) is 0 Å². The number of esters is 1. The molecular weight excluding hydrogens is 392 g/mol. The van der Waals surface area contributed by atoms with Crippen LogP contribution in [-0.4, -0.2) is 41.6 Å². The van der Waals surface area contributed by atoms with Crippen LogP contribution >= 0.6 is 11.6 Å². The van der Waals surface area contributed by atoms with Gasteiger partial charge in [0.1, 0.15) is 11.5 Å². The van der Waals surface area contributed by atoms with E-state index in [4.69, 9.17) is 21.1 Å². The van der Waals surface area contributed by atoms with Gasteiger partial charge in [0.05, 0.1) is 18.2 Å². The molecule has 0 unspecified atom stereocenters. The van der Waals surface area contributed by atoms with Crippen LogP contribution < -0.4 is 4.90 Å². The van der Waals surface area contributed by atoms with Gasteiger partial charge in [-0.05, 0) is 51.5 Å². The van der Waals surface area contributed by atoms with E-state index < -0.39 is 46.9 Å². The smallest absolute Gasteiger partial charge is 0.421 e. The molecule has 1 aliphatic rings. The largest absolute Gasteiger partial charge is 0.466 e. The van der Waals surface area contributed by atoms with E-state index in [1.165, 1.54) is 18.2 Å². The van der Waals surface area contributed by atoms with Gasteiger partial charge in [-0.3, -0.25) is 19.7 Å². The molecule has 2 rings (SSSR count). The standard InChI is InChI=1S/C18H21ClN2O7/c1-5-27-16(23)12(9-20(25)26)14-11-8-10(19)6-7-13(11)21(15(14)22)17(24)28-18(2,3)4/h6-8,12,14H,5,9H2,1-4H3/t12-,14+/m0/s1. The van der Waals surface area contributed by atoms with E-state index in [0.29, 0.717) is 0 Å². The van der Waals surface area contributed by atoms with E-state index >= 15 is 0 Å². The van der Waals surface area contributed by atoms with Gasteiger partial charge >= 0.3 is 12.1 Å². The molecule has 0 aliphatic carbocycles. The number of rotatable bonds is 5. The second kappa shape index (κ2) is 8.14. The summed E-state index contributed by atoms with van der Waals surface area (Å²) < 4.78 is 10.2. The number of imide groups is 1. The molecule has 0 radical (unpaired) electrons. The Labute approximate surface area is 166 Å². The lowest BCUT2D eigenvalue weighted by molar-refractivity contribution is -0.486. The highest BCUT2D eigenvalue weighted by Gasteiger charge is 2.50. The van der Waals surface area contributed by atoms with E-state index in [0.717, 1.165) is 4.90 Å². The number of benzene rings is 1. The van der Waals surface area contributed by atoms with E-state index in [2.05, 4.69) is 0 Å². The Morgan fingerprint density at radius 2 is 2.00 bits per heavy atom. The number of hydrogen-bond donors (Lipinski definition) is 0. The first-order valence-electron chi connectivity index (χ1n) is 8.61. The van der Waals surface area contributed by atoms with Crippen LogP contribution in [0.3, 0.4) is 0 Å². The molecule has 0 fully saturated rings. The van der Waals surface area contributed by atoms with Crippen molar-refractivity contribution < 1.29 is 28.8 Å². The van der Waals surface area contributed by atoms with Crippen LogP contribution in [-0.2, 0) is 19.1 Å². The maximum Gasteiger partial charge on any atom is 0.421 e. The number of anilines is 1. The molecule has 1 aliphatic heterocycles. The first-order valence-corrected chi connectivity index (χ1v) is 8.99. The summed E-state index contributed by atoms with van der Waals surface area (Å²) in [6, 6.07) is 4.32. The van der Waals surface area contributed by atoms with Crippen molar-refractivity contribution in [1.82, 2.24) is 0 Å². The molecule has 1 aromatic carbocycles. The molecule has 1 heterocycles. The third-order valence-electron chi connectivity index (χ3n) is 3.97. The highest BCUT2D eigenvalue weighted by atomic mass is 35.5. The summed E-state index contributed by atoms with van der Waals surface area (Å²) in [5, 5.41) is 11.4. The molecule has 0 aromatic heterocycles. The highest BCUT2D eigenvalue weighted by molar-refractivity contribution is 6.31. The molecule has 0 N–H and O–H groups in total. The van der Waals surface area contributed by atoms with Crippen LogP contribution in [0.2, 0.25) is 5.02 Å². The van der Waals surface area contributed by atoms with Gasteiger partial charge in [-0.1, -0.05) is 11.6 Å². The summed E-state index contributed by atoms with van der Waals surface area (Å²) in [7, 11) is 0. The fourth-order valence-corrected chi connectivity index (χ4v) is 3.16. The number of nitrogens with zero attached hydrogens (tertiary/aromatic N) is 2. The molecule has 28 heavy (non-hydrogen) atoms. The van der Waals surface area contributed by atoms with Gasteiger partial charge in [0, 0.05) is 9.95 Å². The van der Waals surface area contributed by atoms with Gasteiger partial charge in [-0.2, -0.15) is 0 Å². The summed E-state index contributed by atoms with van der Waals surface area (Å²) in [6.07, 6.45) is -0.938. The van der Waals surface area contributed by atoms with Crippen molar-refractivity contribution in [2.75, 3.05) is 18.1 Å². The lowest BCUT2D eigenvalue weighted by atomic mass is 9.87. The van der Waals surface area contributed by atoms with Crippen LogP contribution in [0.15, 0.2) is 18.2 Å². The van der Waals surface area contributed by atoms with Crippen LogP contribution in [0.25, 0.3) is 0 Å². The zero-order valence-corrected chi connectivity index (χ0v) is 16.7. The highest BCUT2D eigenvalue weighted by Crippen LogP contribution is 2.43. The van der Waals surface area contributed by atoms with Gasteiger partial charge in [0.25, 0.3) is 0 Å². The van der Waals surface area contributed by atoms with E-state index in [9.17, 15) is 24.5 Å². The van der Waals surface area contributed by atoms with Gasteiger partial charge in [-0.25, -0.2) is 9.69 Å². The van der Waals surface area contributed by atoms with Crippen molar-refractivity contribution in [2.45, 2.75) is 39.2 Å². The van der Waals surface area contributed by atoms with Gasteiger partial charge < -0.3 is 9.47 Å². The molecule has 0 saturated heterocycles. The molecule has 9 nitrogen and oxygen atoms in total. The molecule has 2 atom stereocenters. The van der Waals surface area contributed by atoms with E-state index in [1.807, 2.05) is 0 Å². The fraction of sp³-hybridized carbons (Fsp3) is 0.500. The Morgan fingerprint density at radius 3 is 2.54 bits per heavy atom. The van der Waals surface area contributed by atoms with Gasteiger partial charge in [-0.15, -0.1) is 0 Å². The van der Waals surface area contributed by atoms with Crippen molar-refractivity contribution >= 4 is 35.3 Å². The summed E-state index contributed by atoms with van der Waals surface area (Å²) in [5.41, 5.74) is -0.460. The summed E-state index contributed by atoms with van der Waals surface area (Å²) in [5.74, 6) is -4.39. The normalized spacial score (nSPS) is 17.1. The number of ether oxygens (including phenoxy) is 2. The SMILES string of the molecule is CCOC(=O)[C@@H](C[N+](=O)[O-])[C@@H]1C(=O)N(C(=O)OC(C)(C)C)c2ccc(Cl)cc21. The Kier molecular flexibility index (Phi) is 6.28. The second-order valence-corrected chi connectivity index (χ2v) is 7.65. The number of carbonyl (C=O) groups excluding carboxylic acids is 3. The van der Waals surface area contributed by atoms with E-state index in [1.54, 1.807) is 27.7 Å². The Bertz CT molecular complexity index is 819. The number of amides is 2. The molecular formula is C18H21ClN2O7. The third-order valence-corrected chi connectivity index (χ3v) is 4.20. The molecule has 2 amide bonds. The fourth-order valence-electron chi connectivity index (χ4n) is 2.98. The maximum absolute atomic E-state index is 13.1. The number of carbonyl (C=O) groups is 3. The number of halogens is 1. The maximum atomic E-state index is 13.1. The first-order chi connectivity index (χ1) is 13.0. The monoisotopic (exact) mass is 412 g/mol. The van der Waals surface area contributed by atoms with E-state index in [-0.39, 0.29) is 22.9 Å². The molecule has 0 spiro atoms. The van der Waals surface area contributed by atoms with Gasteiger partial charge in [0.15, 0.2) is 0 Å². The molecule has 0 bridgehead atoms. The van der Waals surface area contributed by atoms with Crippen molar-refractivity contribution in [3.63, 3.8) is 0 Å². The molecule has 0 saturated carbocycles. The minimum absolute atomic E-state index is 0.00780. The van der Waals surface area contributed by atoms with Crippen LogP contribution in [0.5, 0.6) is 0 Å². The predicted octanol–water partition coefficient (Wildman–Crippen LogP) is 3.16. The van der Waals surface area contributed by atoms with Crippen molar-refractivity contribution in [3.8, 4) is 0 Å². The summed E-state index contributed by atoms with van der Waals surface area (Å²) in [6.45, 7) is 5.63. The van der Waals surface area contributed by atoms with Crippen molar-refractivity contribution in [3.05, 3.63) is 38.9 Å². The molecule has 10 heteroatoms. The average Bonchev–Trinajstić information content (AvgIpc) is 2.82. The predicted molar refractivity (Wildman–Crippen MR) is 99.9 cm³/mol. The molecule has 152 valence electrons. The van der Waals surface area contributed by atoms with Crippen LogP contribution in [0.4, 0.5) is 10.5 Å².